The molecular formula is C15H17F3N4O3. The summed E-state index contributed by atoms with van der Waals surface area (Å²) in [6.45, 7) is 1.97. The highest BCUT2D eigenvalue weighted by molar-refractivity contribution is 5.76. The molecule has 136 valence electrons. The fourth-order valence-corrected chi connectivity index (χ4v) is 3.38. The monoisotopic (exact) mass is 358 g/mol. The molecule has 1 aromatic carbocycles. The van der Waals surface area contributed by atoms with E-state index in [2.05, 4.69) is 5.32 Å². The summed E-state index contributed by atoms with van der Waals surface area (Å²) in [7, 11) is 0. The largest absolute Gasteiger partial charge is 0.416 e. The van der Waals surface area contributed by atoms with Crippen molar-refractivity contribution >= 4 is 17.4 Å². The number of anilines is 1. The summed E-state index contributed by atoms with van der Waals surface area (Å²) in [6.07, 6.45) is -3.17. The smallest absolute Gasteiger partial charge is 0.364 e. The van der Waals surface area contributed by atoms with Gasteiger partial charge in [0.25, 0.3) is 5.69 Å². The highest BCUT2D eigenvalue weighted by Crippen LogP contribution is 2.37. The van der Waals surface area contributed by atoms with E-state index >= 15 is 0 Å². The maximum absolute atomic E-state index is 12.8. The van der Waals surface area contributed by atoms with Gasteiger partial charge in [0.2, 0.25) is 0 Å². The van der Waals surface area contributed by atoms with E-state index in [1.54, 1.807) is 9.80 Å². The van der Waals surface area contributed by atoms with Crippen molar-refractivity contribution in [3.8, 4) is 0 Å². The van der Waals surface area contributed by atoms with Crippen molar-refractivity contribution in [1.29, 1.82) is 0 Å². The number of urea groups is 1. The predicted octanol–water partition coefficient (Wildman–Crippen LogP) is 2.61. The number of nitro groups is 1. The number of nitrogens with zero attached hydrogens (tertiary/aromatic N) is 3. The first-order valence-electron chi connectivity index (χ1n) is 7.92. The number of amides is 2. The van der Waals surface area contributed by atoms with Crippen LogP contribution < -0.4 is 10.2 Å². The number of benzene rings is 1. The van der Waals surface area contributed by atoms with Crippen LogP contribution in [0.5, 0.6) is 0 Å². The van der Waals surface area contributed by atoms with Crippen molar-refractivity contribution in [2.75, 3.05) is 31.1 Å². The Morgan fingerprint density at radius 1 is 1.28 bits per heavy atom. The zero-order valence-corrected chi connectivity index (χ0v) is 13.3. The number of nitro benzene ring substituents is 1. The zero-order chi connectivity index (χ0) is 18.2. The number of carbonyl (C=O) groups excluding carboxylic acids is 1. The molecule has 0 radical (unpaired) electrons. The van der Waals surface area contributed by atoms with Crippen LogP contribution in [0.2, 0.25) is 0 Å². The molecule has 1 unspecified atom stereocenters. The van der Waals surface area contributed by atoms with Crippen LogP contribution in [-0.2, 0) is 6.18 Å². The minimum atomic E-state index is -4.64. The number of hydrogen-bond acceptors (Lipinski definition) is 4. The van der Waals surface area contributed by atoms with Crippen molar-refractivity contribution in [3.05, 3.63) is 33.9 Å². The first-order chi connectivity index (χ1) is 11.8. The number of alkyl halides is 3. The van der Waals surface area contributed by atoms with Gasteiger partial charge in [-0.1, -0.05) is 0 Å². The number of carbonyl (C=O) groups is 1. The van der Waals surface area contributed by atoms with Gasteiger partial charge in [-0.25, -0.2) is 4.79 Å². The molecule has 1 N–H and O–H groups in total. The molecule has 25 heavy (non-hydrogen) atoms. The molecule has 2 aliphatic rings. The number of piperidine rings is 1. The molecule has 0 aliphatic carbocycles. The SMILES string of the molecule is O=C1NCCN1C1CCCN(c2ccc(C(F)(F)F)cc2[N+](=O)[O-])C1. The lowest BCUT2D eigenvalue weighted by atomic mass is 10.0. The van der Waals surface area contributed by atoms with Gasteiger partial charge in [0.05, 0.1) is 16.5 Å². The Morgan fingerprint density at radius 3 is 2.64 bits per heavy atom. The molecule has 10 heteroatoms. The quantitative estimate of drug-likeness (QED) is 0.665. The lowest BCUT2D eigenvalue weighted by molar-refractivity contribution is -0.384. The third kappa shape index (κ3) is 3.47. The van der Waals surface area contributed by atoms with Gasteiger partial charge < -0.3 is 15.1 Å². The van der Waals surface area contributed by atoms with Crippen LogP contribution in [0.1, 0.15) is 18.4 Å². The molecule has 1 aromatic rings. The average Bonchev–Trinajstić information content (AvgIpc) is 2.99. The normalized spacial score (nSPS) is 21.4. The topological polar surface area (TPSA) is 78.7 Å². The molecule has 7 nitrogen and oxygen atoms in total. The molecule has 0 saturated carbocycles. The summed E-state index contributed by atoms with van der Waals surface area (Å²) in [4.78, 5) is 25.7. The van der Waals surface area contributed by atoms with Gasteiger partial charge in [0, 0.05) is 32.2 Å². The van der Waals surface area contributed by atoms with Gasteiger partial charge in [0.15, 0.2) is 0 Å². The Kier molecular flexibility index (Phi) is 4.44. The summed E-state index contributed by atoms with van der Waals surface area (Å²) >= 11 is 0. The van der Waals surface area contributed by atoms with Gasteiger partial charge >= 0.3 is 12.2 Å². The van der Waals surface area contributed by atoms with E-state index in [9.17, 15) is 28.1 Å². The van der Waals surface area contributed by atoms with Gasteiger partial charge in [0.1, 0.15) is 5.69 Å². The summed E-state index contributed by atoms with van der Waals surface area (Å²) in [6, 6.07) is 2.29. The number of rotatable bonds is 3. The molecule has 2 fully saturated rings. The van der Waals surface area contributed by atoms with E-state index in [-0.39, 0.29) is 17.8 Å². The van der Waals surface area contributed by atoms with Crippen LogP contribution in [0.3, 0.4) is 0 Å². The second-order valence-electron chi connectivity index (χ2n) is 6.13. The summed E-state index contributed by atoms with van der Waals surface area (Å²) in [5.41, 5.74) is -1.46. The summed E-state index contributed by atoms with van der Waals surface area (Å²) < 4.78 is 38.5. The first-order valence-corrected chi connectivity index (χ1v) is 7.92. The Morgan fingerprint density at radius 2 is 2.04 bits per heavy atom. The maximum atomic E-state index is 12.8. The fourth-order valence-electron chi connectivity index (χ4n) is 3.38. The van der Waals surface area contributed by atoms with Crippen LogP contribution in [0.15, 0.2) is 18.2 Å². The second kappa shape index (κ2) is 6.41. The predicted molar refractivity (Wildman–Crippen MR) is 83.4 cm³/mol. The van der Waals surface area contributed by atoms with Crippen LogP contribution in [0, 0.1) is 10.1 Å². The Hall–Kier alpha value is -2.52. The standard InChI is InChI=1S/C15H17F3N4O3/c16-15(17,18)10-3-4-12(13(8-10)22(24)25)20-6-1-2-11(9-20)21-7-5-19-14(21)23/h3-4,8,11H,1-2,5-7,9H2,(H,19,23). The highest BCUT2D eigenvalue weighted by atomic mass is 19.4. The first kappa shape index (κ1) is 17.3. The molecule has 0 spiro atoms. The molecule has 2 amide bonds. The Bertz CT molecular complexity index is 695. The molecule has 0 aromatic heterocycles. The molecule has 2 heterocycles. The highest BCUT2D eigenvalue weighted by Gasteiger charge is 2.36. The van der Waals surface area contributed by atoms with E-state index in [4.69, 9.17) is 0 Å². The van der Waals surface area contributed by atoms with Crippen molar-refractivity contribution in [3.63, 3.8) is 0 Å². The number of nitrogens with one attached hydrogen (secondary N) is 1. The van der Waals surface area contributed by atoms with Crippen LogP contribution in [0.4, 0.5) is 29.3 Å². The zero-order valence-electron chi connectivity index (χ0n) is 13.3. The van der Waals surface area contributed by atoms with Crippen molar-refractivity contribution < 1.29 is 22.9 Å². The lowest BCUT2D eigenvalue weighted by Gasteiger charge is -2.38. The van der Waals surface area contributed by atoms with Gasteiger partial charge in [-0.3, -0.25) is 10.1 Å². The number of halogens is 3. The lowest BCUT2D eigenvalue weighted by Crippen LogP contribution is -2.49. The van der Waals surface area contributed by atoms with Crippen LogP contribution in [0.25, 0.3) is 0 Å². The van der Waals surface area contributed by atoms with E-state index in [1.165, 1.54) is 0 Å². The molecule has 2 aliphatic heterocycles. The van der Waals surface area contributed by atoms with Gasteiger partial charge in [-0.05, 0) is 25.0 Å². The Labute approximate surface area is 141 Å². The van der Waals surface area contributed by atoms with E-state index in [0.717, 1.165) is 18.6 Å². The van der Waals surface area contributed by atoms with E-state index in [0.29, 0.717) is 38.7 Å². The van der Waals surface area contributed by atoms with E-state index < -0.39 is 22.4 Å². The van der Waals surface area contributed by atoms with Crippen molar-refractivity contribution in [2.45, 2.75) is 25.1 Å². The summed E-state index contributed by atoms with van der Waals surface area (Å²) in [5, 5.41) is 14.0. The van der Waals surface area contributed by atoms with Gasteiger partial charge in [-0.15, -0.1) is 0 Å². The van der Waals surface area contributed by atoms with Crippen molar-refractivity contribution in [2.24, 2.45) is 0 Å². The second-order valence-corrected chi connectivity index (χ2v) is 6.13. The van der Waals surface area contributed by atoms with Crippen LogP contribution in [-0.4, -0.2) is 48.1 Å². The maximum Gasteiger partial charge on any atom is 0.416 e. The molecule has 1 atom stereocenters. The molecule has 0 bridgehead atoms. The molecule has 3 rings (SSSR count). The fraction of sp³-hybridized carbons (Fsp3) is 0.533. The molecule has 2 saturated heterocycles. The number of hydrogen-bond donors (Lipinski definition) is 1. The minimum absolute atomic E-state index is 0.113. The third-order valence-electron chi connectivity index (χ3n) is 4.57. The molecular weight excluding hydrogens is 341 g/mol. The summed E-state index contributed by atoms with van der Waals surface area (Å²) in [5.74, 6) is 0. The minimum Gasteiger partial charge on any atom is -0.364 e. The average molecular weight is 358 g/mol. The van der Waals surface area contributed by atoms with Crippen molar-refractivity contribution in [1.82, 2.24) is 10.2 Å². The Balaban J connectivity index is 1.87. The van der Waals surface area contributed by atoms with E-state index in [1.807, 2.05) is 0 Å². The van der Waals surface area contributed by atoms with Crippen LogP contribution >= 0.6 is 0 Å². The third-order valence-corrected chi connectivity index (χ3v) is 4.57. The van der Waals surface area contributed by atoms with Gasteiger partial charge in [-0.2, -0.15) is 13.2 Å².